The Morgan fingerprint density at radius 1 is 1.40 bits per heavy atom. The lowest BCUT2D eigenvalue weighted by molar-refractivity contribution is 0.253. The maximum atomic E-state index is 11.0. The average molecular weight is 162 g/mol. The van der Waals surface area contributed by atoms with Crippen molar-refractivity contribution in [1.82, 2.24) is 9.21 Å². The molecular formula is C5H10N2O2S. The summed E-state index contributed by atoms with van der Waals surface area (Å²) in [5.74, 6) is 0. The van der Waals surface area contributed by atoms with Crippen LogP contribution in [-0.2, 0) is 10.0 Å². The number of hydrogen-bond donors (Lipinski definition) is 0. The normalized spacial score (nSPS) is 44.5. The van der Waals surface area contributed by atoms with Gasteiger partial charge in [-0.25, -0.2) is 8.42 Å². The standard InChI is InChI=1S/C5H10N2O2S/c1-6-2-3-7-5(4-6)10(7,8)9/h5H,2-4H2,1H3. The van der Waals surface area contributed by atoms with Gasteiger partial charge in [-0.05, 0) is 7.05 Å². The zero-order valence-corrected chi connectivity index (χ0v) is 6.63. The molecule has 0 bridgehead atoms. The Bertz CT molecular complexity index is 248. The van der Waals surface area contributed by atoms with E-state index in [1.165, 1.54) is 0 Å². The van der Waals surface area contributed by atoms with E-state index in [1.54, 1.807) is 4.31 Å². The van der Waals surface area contributed by atoms with E-state index >= 15 is 0 Å². The molecule has 2 unspecified atom stereocenters. The van der Waals surface area contributed by atoms with Gasteiger partial charge in [0.05, 0.1) is 0 Å². The molecule has 2 aliphatic heterocycles. The fraction of sp³-hybridized carbons (Fsp3) is 1.00. The Labute approximate surface area is 60.5 Å². The van der Waals surface area contributed by atoms with Crippen molar-refractivity contribution >= 4 is 10.0 Å². The summed E-state index contributed by atoms with van der Waals surface area (Å²) in [4.78, 5) is 2.05. The molecule has 0 saturated carbocycles. The minimum Gasteiger partial charge on any atom is -0.302 e. The van der Waals surface area contributed by atoms with Crippen LogP contribution in [0.3, 0.4) is 0 Å². The fourth-order valence-electron chi connectivity index (χ4n) is 1.37. The molecule has 0 amide bonds. The van der Waals surface area contributed by atoms with Crippen molar-refractivity contribution in [2.45, 2.75) is 5.37 Å². The zero-order chi connectivity index (χ0) is 7.35. The lowest BCUT2D eigenvalue weighted by Crippen LogP contribution is -2.35. The maximum Gasteiger partial charge on any atom is 0.233 e. The van der Waals surface area contributed by atoms with Gasteiger partial charge in [-0.3, -0.25) is 0 Å². The summed E-state index contributed by atoms with van der Waals surface area (Å²) in [6.07, 6.45) is 0. The van der Waals surface area contributed by atoms with Crippen molar-refractivity contribution in [3.05, 3.63) is 0 Å². The van der Waals surface area contributed by atoms with E-state index in [-0.39, 0.29) is 5.37 Å². The number of fused-ring (bicyclic) bond motifs is 1. The molecule has 2 aliphatic rings. The van der Waals surface area contributed by atoms with E-state index < -0.39 is 10.0 Å². The SMILES string of the molecule is CN1CCN2C(C1)S2(=O)=O. The van der Waals surface area contributed by atoms with Crippen molar-refractivity contribution in [2.24, 2.45) is 0 Å². The molecule has 10 heavy (non-hydrogen) atoms. The minimum atomic E-state index is -2.78. The number of likely N-dealkylation sites (N-methyl/N-ethyl adjacent to an activating group) is 1. The number of piperazine rings is 1. The summed E-state index contributed by atoms with van der Waals surface area (Å²) in [7, 11) is -0.828. The third kappa shape index (κ3) is 0.710. The lowest BCUT2D eigenvalue weighted by atomic mass is 10.4. The molecule has 0 aliphatic carbocycles. The molecule has 2 heterocycles. The van der Waals surface area contributed by atoms with Gasteiger partial charge in [0.1, 0.15) is 0 Å². The molecule has 0 spiro atoms. The van der Waals surface area contributed by atoms with Gasteiger partial charge in [-0.1, -0.05) is 0 Å². The summed E-state index contributed by atoms with van der Waals surface area (Å²) in [6.45, 7) is 2.24. The van der Waals surface area contributed by atoms with Crippen LogP contribution in [0.5, 0.6) is 0 Å². The molecule has 2 fully saturated rings. The number of sulfonamides is 1. The molecule has 2 saturated heterocycles. The van der Waals surface area contributed by atoms with Crippen LogP contribution < -0.4 is 0 Å². The fourth-order valence-corrected chi connectivity index (χ4v) is 3.10. The summed E-state index contributed by atoms with van der Waals surface area (Å²) in [5, 5.41) is -0.175. The first-order valence-corrected chi connectivity index (χ1v) is 4.82. The second kappa shape index (κ2) is 1.72. The second-order valence-electron chi connectivity index (χ2n) is 2.87. The van der Waals surface area contributed by atoms with Crippen molar-refractivity contribution in [3.63, 3.8) is 0 Å². The van der Waals surface area contributed by atoms with E-state index in [4.69, 9.17) is 0 Å². The quantitative estimate of drug-likeness (QED) is 0.425. The van der Waals surface area contributed by atoms with Gasteiger partial charge in [-0.2, -0.15) is 4.31 Å². The van der Waals surface area contributed by atoms with Gasteiger partial charge in [0.2, 0.25) is 10.0 Å². The van der Waals surface area contributed by atoms with Crippen LogP contribution in [0.4, 0.5) is 0 Å². The van der Waals surface area contributed by atoms with Crippen LogP contribution in [-0.4, -0.2) is 49.7 Å². The van der Waals surface area contributed by atoms with Gasteiger partial charge >= 0.3 is 0 Å². The second-order valence-corrected chi connectivity index (χ2v) is 4.92. The highest BCUT2D eigenvalue weighted by Crippen LogP contribution is 2.33. The topological polar surface area (TPSA) is 40.4 Å². The summed E-state index contributed by atoms with van der Waals surface area (Å²) < 4.78 is 23.5. The van der Waals surface area contributed by atoms with E-state index in [1.807, 2.05) is 11.9 Å². The first-order valence-electron chi connectivity index (χ1n) is 3.31. The number of nitrogens with zero attached hydrogens (tertiary/aromatic N) is 2. The first kappa shape index (κ1) is 6.57. The highest BCUT2D eigenvalue weighted by Gasteiger charge is 2.56. The molecule has 0 aromatic carbocycles. The van der Waals surface area contributed by atoms with Crippen LogP contribution in [0, 0.1) is 0 Å². The van der Waals surface area contributed by atoms with Gasteiger partial charge in [0.15, 0.2) is 5.37 Å². The maximum absolute atomic E-state index is 11.0. The van der Waals surface area contributed by atoms with Crippen LogP contribution in [0.1, 0.15) is 0 Å². The molecule has 2 atom stereocenters. The molecule has 0 aromatic rings. The highest BCUT2D eigenvalue weighted by atomic mass is 32.2. The van der Waals surface area contributed by atoms with Crippen LogP contribution >= 0.6 is 0 Å². The monoisotopic (exact) mass is 162 g/mol. The van der Waals surface area contributed by atoms with Gasteiger partial charge in [0.25, 0.3) is 0 Å². The summed E-state index contributed by atoms with van der Waals surface area (Å²) in [5.41, 5.74) is 0. The lowest BCUT2D eigenvalue weighted by Gasteiger charge is -2.18. The zero-order valence-electron chi connectivity index (χ0n) is 5.82. The van der Waals surface area contributed by atoms with Gasteiger partial charge in [-0.15, -0.1) is 0 Å². The Kier molecular flexibility index (Phi) is 1.13. The smallest absolute Gasteiger partial charge is 0.233 e. The molecule has 0 radical (unpaired) electrons. The van der Waals surface area contributed by atoms with E-state index in [9.17, 15) is 8.42 Å². The third-order valence-electron chi connectivity index (χ3n) is 2.12. The van der Waals surface area contributed by atoms with Crippen molar-refractivity contribution < 1.29 is 8.42 Å². The Morgan fingerprint density at radius 3 is 2.60 bits per heavy atom. The Morgan fingerprint density at radius 2 is 2.10 bits per heavy atom. The van der Waals surface area contributed by atoms with Crippen LogP contribution in [0.15, 0.2) is 0 Å². The van der Waals surface area contributed by atoms with E-state index in [0.29, 0.717) is 13.1 Å². The minimum absolute atomic E-state index is 0.175. The number of rotatable bonds is 0. The molecule has 0 aromatic heterocycles. The molecule has 5 heteroatoms. The largest absolute Gasteiger partial charge is 0.302 e. The van der Waals surface area contributed by atoms with E-state index in [0.717, 1.165) is 6.54 Å². The highest BCUT2D eigenvalue weighted by molar-refractivity contribution is 7.96. The Hall–Kier alpha value is -0.130. The third-order valence-corrected chi connectivity index (χ3v) is 4.08. The van der Waals surface area contributed by atoms with Crippen molar-refractivity contribution in [2.75, 3.05) is 26.7 Å². The molecule has 2 rings (SSSR count). The van der Waals surface area contributed by atoms with Gasteiger partial charge in [0, 0.05) is 19.6 Å². The van der Waals surface area contributed by atoms with Crippen LogP contribution in [0.25, 0.3) is 0 Å². The molecule has 4 nitrogen and oxygen atoms in total. The molecule has 58 valence electrons. The van der Waals surface area contributed by atoms with Crippen molar-refractivity contribution in [3.8, 4) is 0 Å². The predicted molar refractivity (Wildman–Crippen MR) is 36.9 cm³/mol. The van der Waals surface area contributed by atoms with Crippen molar-refractivity contribution in [1.29, 1.82) is 0 Å². The molecule has 0 N–H and O–H groups in total. The van der Waals surface area contributed by atoms with Crippen LogP contribution in [0.2, 0.25) is 0 Å². The van der Waals surface area contributed by atoms with E-state index in [2.05, 4.69) is 0 Å². The first-order chi connectivity index (χ1) is 4.62. The molecular weight excluding hydrogens is 152 g/mol. The number of hydrogen-bond acceptors (Lipinski definition) is 3. The van der Waals surface area contributed by atoms with Gasteiger partial charge < -0.3 is 4.90 Å². The summed E-state index contributed by atoms with van der Waals surface area (Å²) >= 11 is 0. The summed E-state index contributed by atoms with van der Waals surface area (Å²) in [6, 6.07) is 0. The predicted octanol–water partition coefficient (Wildman–Crippen LogP) is -1.10. The average Bonchev–Trinajstić information content (AvgIpc) is 2.36. The Balaban J connectivity index is 2.18.